The normalized spacial score (nSPS) is 19.3. The van der Waals surface area contributed by atoms with E-state index >= 15 is 0 Å². The van der Waals surface area contributed by atoms with Gasteiger partial charge in [-0.15, -0.1) is 0 Å². The Hall–Kier alpha value is -1.55. The van der Waals surface area contributed by atoms with Crippen LogP contribution in [0.2, 0.25) is 0 Å². The van der Waals surface area contributed by atoms with E-state index in [0.29, 0.717) is 12.5 Å². The number of piperazine rings is 1. The molecule has 1 heterocycles. The summed E-state index contributed by atoms with van der Waals surface area (Å²) in [4.78, 5) is 14.2. The van der Waals surface area contributed by atoms with E-state index in [2.05, 4.69) is 12.2 Å². The number of hydrogen-bond acceptors (Lipinski definition) is 3. The summed E-state index contributed by atoms with van der Waals surface area (Å²) < 4.78 is 5.12. The first-order valence-corrected chi connectivity index (χ1v) is 6.84. The monoisotopic (exact) mass is 262 g/mol. The zero-order chi connectivity index (χ0) is 13.7. The van der Waals surface area contributed by atoms with Gasteiger partial charge in [-0.3, -0.25) is 4.79 Å². The minimum atomic E-state index is 0.254. The van der Waals surface area contributed by atoms with E-state index in [1.54, 1.807) is 7.11 Å². The molecule has 1 N–H and O–H groups in total. The van der Waals surface area contributed by atoms with Crippen LogP contribution in [-0.4, -0.2) is 43.6 Å². The van der Waals surface area contributed by atoms with E-state index in [-0.39, 0.29) is 5.91 Å². The van der Waals surface area contributed by atoms with E-state index in [0.717, 1.165) is 31.8 Å². The van der Waals surface area contributed by atoms with Gasteiger partial charge in [-0.25, -0.2) is 0 Å². The smallest absolute Gasteiger partial charge is 0.223 e. The van der Waals surface area contributed by atoms with Gasteiger partial charge in [0.15, 0.2) is 0 Å². The average molecular weight is 262 g/mol. The predicted octanol–water partition coefficient (Wildman–Crippen LogP) is 1.45. The van der Waals surface area contributed by atoms with Crippen molar-refractivity contribution in [2.24, 2.45) is 0 Å². The van der Waals surface area contributed by atoms with Crippen LogP contribution in [-0.2, 0) is 11.2 Å². The minimum Gasteiger partial charge on any atom is -0.497 e. The number of benzene rings is 1. The largest absolute Gasteiger partial charge is 0.497 e. The van der Waals surface area contributed by atoms with Gasteiger partial charge in [-0.1, -0.05) is 12.1 Å². The standard InChI is InChI=1S/C15H22N2O2/c1-12-11-16-9-10-17(12)15(18)8-5-13-3-6-14(19-2)7-4-13/h3-4,6-7,12,16H,5,8-11H2,1-2H3/t12-/m1/s1. The lowest BCUT2D eigenvalue weighted by molar-refractivity contribution is -0.133. The highest BCUT2D eigenvalue weighted by Gasteiger charge is 2.22. The highest BCUT2D eigenvalue weighted by molar-refractivity contribution is 5.77. The molecule has 2 rings (SSSR count). The van der Waals surface area contributed by atoms with E-state index in [9.17, 15) is 4.79 Å². The zero-order valence-corrected chi connectivity index (χ0v) is 11.7. The lowest BCUT2D eigenvalue weighted by Gasteiger charge is -2.34. The molecule has 104 valence electrons. The molecule has 0 saturated carbocycles. The van der Waals surface area contributed by atoms with Crippen LogP contribution >= 0.6 is 0 Å². The molecule has 19 heavy (non-hydrogen) atoms. The second-order valence-electron chi connectivity index (χ2n) is 4.99. The van der Waals surface area contributed by atoms with E-state index in [1.165, 1.54) is 5.56 Å². The van der Waals surface area contributed by atoms with Gasteiger partial charge in [0.25, 0.3) is 0 Å². The number of rotatable bonds is 4. The summed E-state index contributed by atoms with van der Waals surface area (Å²) in [5.41, 5.74) is 1.18. The molecule has 1 aliphatic heterocycles. The molecular weight excluding hydrogens is 240 g/mol. The molecule has 1 fully saturated rings. The predicted molar refractivity (Wildman–Crippen MR) is 75.4 cm³/mol. The lowest BCUT2D eigenvalue weighted by atomic mass is 10.1. The average Bonchev–Trinajstić information content (AvgIpc) is 2.46. The van der Waals surface area contributed by atoms with Crippen molar-refractivity contribution in [3.8, 4) is 5.75 Å². The molecule has 1 aromatic carbocycles. The molecule has 1 aliphatic rings. The second-order valence-corrected chi connectivity index (χ2v) is 4.99. The number of hydrogen-bond donors (Lipinski definition) is 1. The summed E-state index contributed by atoms with van der Waals surface area (Å²) in [5.74, 6) is 1.11. The number of ether oxygens (including phenoxy) is 1. The zero-order valence-electron chi connectivity index (χ0n) is 11.7. The second kappa shape index (κ2) is 6.57. The van der Waals surface area contributed by atoms with Gasteiger partial charge in [0.2, 0.25) is 5.91 Å². The van der Waals surface area contributed by atoms with Crippen molar-refractivity contribution in [2.45, 2.75) is 25.8 Å². The molecule has 0 radical (unpaired) electrons. The van der Waals surface area contributed by atoms with Crippen molar-refractivity contribution in [3.05, 3.63) is 29.8 Å². The highest BCUT2D eigenvalue weighted by atomic mass is 16.5. The number of amides is 1. The first-order valence-electron chi connectivity index (χ1n) is 6.84. The van der Waals surface area contributed by atoms with E-state index in [1.807, 2.05) is 29.2 Å². The summed E-state index contributed by atoms with van der Waals surface area (Å²) >= 11 is 0. The maximum atomic E-state index is 12.2. The van der Waals surface area contributed by atoms with Crippen molar-refractivity contribution < 1.29 is 9.53 Å². The topological polar surface area (TPSA) is 41.6 Å². The highest BCUT2D eigenvalue weighted by Crippen LogP contribution is 2.14. The molecule has 0 aromatic heterocycles. The number of nitrogens with zero attached hydrogens (tertiary/aromatic N) is 1. The third kappa shape index (κ3) is 3.70. The Balaban J connectivity index is 1.85. The summed E-state index contributed by atoms with van der Waals surface area (Å²) in [6.07, 6.45) is 1.37. The van der Waals surface area contributed by atoms with Crippen molar-refractivity contribution in [3.63, 3.8) is 0 Å². The fraction of sp³-hybridized carbons (Fsp3) is 0.533. The van der Waals surface area contributed by atoms with Gasteiger partial charge in [0.1, 0.15) is 5.75 Å². The number of carbonyl (C=O) groups is 1. The maximum Gasteiger partial charge on any atom is 0.223 e. The number of aryl methyl sites for hydroxylation is 1. The summed E-state index contributed by atoms with van der Waals surface area (Å²) in [6, 6.07) is 8.22. The Morgan fingerprint density at radius 1 is 1.42 bits per heavy atom. The molecule has 0 aliphatic carbocycles. The maximum absolute atomic E-state index is 12.2. The summed E-state index contributed by atoms with van der Waals surface area (Å²) in [6.45, 7) is 4.72. The molecule has 0 bridgehead atoms. The molecule has 0 unspecified atom stereocenters. The Morgan fingerprint density at radius 3 is 2.79 bits per heavy atom. The van der Waals surface area contributed by atoms with Crippen LogP contribution in [0.25, 0.3) is 0 Å². The van der Waals surface area contributed by atoms with Gasteiger partial charge < -0.3 is 15.0 Å². The molecule has 1 amide bonds. The third-order valence-corrected chi connectivity index (χ3v) is 3.61. The molecule has 4 nitrogen and oxygen atoms in total. The Labute approximate surface area is 114 Å². The van der Waals surface area contributed by atoms with Crippen molar-refractivity contribution in [1.29, 1.82) is 0 Å². The quantitative estimate of drug-likeness (QED) is 0.893. The SMILES string of the molecule is COc1ccc(CCC(=O)N2CCNC[C@H]2C)cc1. The first kappa shape index (κ1) is 13.9. The van der Waals surface area contributed by atoms with Gasteiger partial charge >= 0.3 is 0 Å². The van der Waals surface area contributed by atoms with Crippen LogP contribution in [0, 0.1) is 0 Å². The fourth-order valence-electron chi connectivity index (χ4n) is 2.40. The van der Waals surface area contributed by atoms with Crippen molar-refractivity contribution in [1.82, 2.24) is 10.2 Å². The van der Waals surface area contributed by atoms with Crippen molar-refractivity contribution >= 4 is 5.91 Å². The number of carbonyl (C=O) groups excluding carboxylic acids is 1. The van der Waals surface area contributed by atoms with Crippen LogP contribution in [0.4, 0.5) is 0 Å². The molecule has 0 spiro atoms. The van der Waals surface area contributed by atoms with Crippen LogP contribution in [0.3, 0.4) is 0 Å². The molecule has 1 aromatic rings. The molecular formula is C15H22N2O2. The lowest BCUT2D eigenvalue weighted by Crippen LogP contribution is -2.52. The number of nitrogens with one attached hydrogen (secondary N) is 1. The fourth-order valence-corrected chi connectivity index (χ4v) is 2.40. The van der Waals surface area contributed by atoms with E-state index < -0.39 is 0 Å². The summed E-state index contributed by atoms with van der Waals surface area (Å²) in [7, 11) is 1.66. The molecule has 4 heteroatoms. The molecule has 1 atom stereocenters. The van der Waals surface area contributed by atoms with Crippen LogP contribution in [0.1, 0.15) is 18.9 Å². The van der Waals surface area contributed by atoms with Gasteiger partial charge in [-0.05, 0) is 31.0 Å². The van der Waals surface area contributed by atoms with Gasteiger partial charge in [0.05, 0.1) is 7.11 Å². The van der Waals surface area contributed by atoms with Gasteiger partial charge in [-0.2, -0.15) is 0 Å². The van der Waals surface area contributed by atoms with Gasteiger partial charge in [0, 0.05) is 32.1 Å². The van der Waals surface area contributed by atoms with Crippen molar-refractivity contribution in [2.75, 3.05) is 26.7 Å². The summed E-state index contributed by atoms with van der Waals surface area (Å²) in [5, 5.41) is 3.30. The minimum absolute atomic E-state index is 0.254. The Bertz CT molecular complexity index is 417. The van der Waals surface area contributed by atoms with E-state index in [4.69, 9.17) is 4.74 Å². The van der Waals surface area contributed by atoms with Crippen LogP contribution in [0.15, 0.2) is 24.3 Å². The Morgan fingerprint density at radius 2 is 2.16 bits per heavy atom. The number of methoxy groups -OCH3 is 1. The van der Waals surface area contributed by atoms with Crippen LogP contribution in [0.5, 0.6) is 5.75 Å². The molecule has 1 saturated heterocycles. The third-order valence-electron chi connectivity index (χ3n) is 3.61. The van der Waals surface area contributed by atoms with Crippen LogP contribution < -0.4 is 10.1 Å². The first-order chi connectivity index (χ1) is 9.20. The Kier molecular flexibility index (Phi) is 4.80.